The minimum atomic E-state index is 0. The van der Waals surface area contributed by atoms with E-state index in [1.807, 2.05) is 0 Å². The molecule has 0 spiro atoms. The smallest absolute Gasteiger partial charge is 0.0433 e. The lowest BCUT2D eigenvalue weighted by Gasteiger charge is -2.39. The van der Waals surface area contributed by atoms with Crippen molar-refractivity contribution in [3.63, 3.8) is 0 Å². The van der Waals surface area contributed by atoms with Gasteiger partial charge in [0.15, 0.2) is 0 Å². The molecule has 1 fully saturated rings. The van der Waals surface area contributed by atoms with Crippen LogP contribution < -0.4 is 0 Å². The van der Waals surface area contributed by atoms with Gasteiger partial charge in [-0.3, -0.25) is 4.90 Å². The first-order valence-electron chi connectivity index (χ1n) is 10.2. The van der Waals surface area contributed by atoms with Crippen molar-refractivity contribution in [1.29, 1.82) is 0 Å². The second kappa shape index (κ2) is 10.2. The molecule has 3 aromatic rings. The van der Waals surface area contributed by atoms with Crippen molar-refractivity contribution in [3.05, 3.63) is 88.0 Å². The predicted octanol–water partition coefficient (Wildman–Crippen LogP) is 6.90. The Morgan fingerprint density at radius 2 is 1.63 bits per heavy atom. The minimum absolute atomic E-state index is 0. The molecule has 1 saturated heterocycles. The molecule has 0 radical (unpaired) electrons. The number of nitrogens with zero attached hydrogens (tertiary/aromatic N) is 2. The van der Waals surface area contributed by atoms with Gasteiger partial charge in [0, 0.05) is 42.9 Å². The Bertz CT molecular complexity index is 1030. The van der Waals surface area contributed by atoms with E-state index in [0.717, 1.165) is 13.1 Å². The van der Waals surface area contributed by atoms with Gasteiger partial charge in [-0.05, 0) is 64.6 Å². The molecular weight excluding hydrogens is 479 g/mol. The predicted molar refractivity (Wildman–Crippen MR) is 135 cm³/mol. The van der Waals surface area contributed by atoms with Crippen LogP contribution in [0.3, 0.4) is 0 Å². The van der Waals surface area contributed by atoms with E-state index in [1.165, 1.54) is 57.9 Å². The normalized spacial score (nSPS) is 16.6. The van der Waals surface area contributed by atoms with Gasteiger partial charge in [-0.25, -0.2) is 0 Å². The van der Waals surface area contributed by atoms with Crippen LogP contribution in [0.5, 0.6) is 0 Å². The van der Waals surface area contributed by atoms with Crippen molar-refractivity contribution in [3.8, 4) is 0 Å². The number of likely N-dealkylation sites (tertiary alicyclic amines) is 1. The van der Waals surface area contributed by atoms with E-state index >= 15 is 0 Å². The molecule has 0 aromatic heterocycles. The van der Waals surface area contributed by atoms with Crippen molar-refractivity contribution < 1.29 is 0 Å². The lowest BCUT2D eigenvalue weighted by molar-refractivity contribution is 0.132. The van der Waals surface area contributed by atoms with Crippen LogP contribution in [0.15, 0.2) is 71.3 Å². The van der Waals surface area contributed by atoms with E-state index < -0.39 is 0 Å². The van der Waals surface area contributed by atoms with Gasteiger partial charge in [0.05, 0.1) is 0 Å². The molecule has 0 unspecified atom stereocenters. The molecule has 0 bridgehead atoms. The van der Waals surface area contributed by atoms with Gasteiger partial charge in [-0.1, -0.05) is 58.4 Å². The third kappa shape index (κ3) is 5.03. The van der Waals surface area contributed by atoms with Gasteiger partial charge < -0.3 is 4.90 Å². The summed E-state index contributed by atoms with van der Waals surface area (Å²) < 4.78 is 1.17. The summed E-state index contributed by atoms with van der Waals surface area (Å²) in [6.07, 6.45) is 7.05. The largest absolute Gasteiger partial charge is 0.370 e. The Kier molecular flexibility index (Phi) is 7.86. The Balaban J connectivity index is 0.00000128. The van der Waals surface area contributed by atoms with Crippen molar-refractivity contribution in [2.75, 3.05) is 13.1 Å². The molecule has 2 heterocycles. The quantitative estimate of drug-likeness (QED) is 0.382. The summed E-state index contributed by atoms with van der Waals surface area (Å²) in [5.41, 5.74) is 4.21. The van der Waals surface area contributed by atoms with Crippen molar-refractivity contribution >= 4 is 57.6 Å². The second-order valence-electron chi connectivity index (χ2n) is 8.02. The summed E-state index contributed by atoms with van der Waals surface area (Å²) >= 11 is 3.61. The monoisotopic (exact) mass is 504 g/mol. The van der Waals surface area contributed by atoms with Crippen LogP contribution in [-0.2, 0) is 13.1 Å². The highest BCUT2D eigenvalue weighted by atomic mass is 79.9. The molecule has 2 aliphatic heterocycles. The maximum atomic E-state index is 3.61. The number of fused-ring (bicyclic) bond motifs is 2. The van der Waals surface area contributed by atoms with Crippen molar-refractivity contribution in [2.45, 2.75) is 32.0 Å². The molecule has 2 aliphatic rings. The Morgan fingerprint density at radius 1 is 0.867 bits per heavy atom. The van der Waals surface area contributed by atoms with Crippen LogP contribution in [0.2, 0.25) is 0 Å². The van der Waals surface area contributed by atoms with Crippen molar-refractivity contribution in [2.24, 2.45) is 0 Å². The molecule has 0 N–H and O–H groups in total. The minimum Gasteiger partial charge on any atom is -0.370 e. The fourth-order valence-corrected chi connectivity index (χ4v) is 4.96. The molecular formula is C25H27BrCl2N2. The van der Waals surface area contributed by atoms with Crippen LogP contribution >= 0.6 is 40.7 Å². The van der Waals surface area contributed by atoms with E-state index in [-0.39, 0.29) is 24.8 Å². The summed E-state index contributed by atoms with van der Waals surface area (Å²) in [7, 11) is 0. The zero-order chi connectivity index (χ0) is 18.9. The molecule has 0 saturated carbocycles. The fraction of sp³-hybridized carbons (Fsp3) is 0.280. The van der Waals surface area contributed by atoms with Crippen LogP contribution in [0, 0.1) is 0 Å². The molecule has 158 valence electrons. The SMILES string of the molecule is Brc1ccc2c(c1)CN(C1CCN(Cc3ccc4ccccc4c3)CC1)C=C2.Cl.Cl. The van der Waals surface area contributed by atoms with Crippen LogP contribution in [0.4, 0.5) is 0 Å². The molecule has 0 amide bonds. The van der Waals surface area contributed by atoms with Crippen LogP contribution in [0.25, 0.3) is 16.8 Å². The molecule has 5 heteroatoms. The number of hydrogen-bond donors (Lipinski definition) is 0. The maximum absolute atomic E-state index is 3.61. The maximum Gasteiger partial charge on any atom is 0.0433 e. The van der Waals surface area contributed by atoms with Crippen LogP contribution in [-0.4, -0.2) is 28.9 Å². The zero-order valence-corrected chi connectivity index (χ0v) is 20.1. The summed E-state index contributed by atoms with van der Waals surface area (Å²) in [5, 5.41) is 2.67. The number of piperidine rings is 1. The van der Waals surface area contributed by atoms with Crippen molar-refractivity contribution in [1.82, 2.24) is 9.80 Å². The molecule has 2 nitrogen and oxygen atoms in total. The van der Waals surface area contributed by atoms with E-state index in [1.54, 1.807) is 0 Å². The molecule has 5 rings (SSSR count). The van der Waals surface area contributed by atoms with Gasteiger partial charge in [-0.2, -0.15) is 0 Å². The second-order valence-corrected chi connectivity index (χ2v) is 8.94. The molecule has 3 aromatic carbocycles. The summed E-state index contributed by atoms with van der Waals surface area (Å²) in [4.78, 5) is 5.15. The highest BCUT2D eigenvalue weighted by molar-refractivity contribution is 9.10. The number of benzene rings is 3. The standard InChI is InChI=1S/C25H25BrN2.2ClH/c26-24-8-7-21-9-14-28(18-23(21)16-24)25-10-12-27(13-11-25)17-19-5-6-20-3-1-2-4-22(20)15-19;;/h1-9,14-16,25H,10-13,17-18H2;2*1H. The number of rotatable bonds is 3. The first-order chi connectivity index (χ1) is 13.7. The van der Waals surface area contributed by atoms with Gasteiger partial charge in [0.2, 0.25) is 0 Å². The van der Waals surface area contributed by atoms with Gasteiger partial charge in [0.1, 0.15) is 0 Å². The Labute approximate surface area is 199 Å². The average Bonchev–Trinajstić information content (AvgIpc) is 2.74. The lowest BCUT2D eigenvalue weighted by Crippen LogP contribution is -2.42. The topological polar surface area (TPSA) is 6.48 Å². The Hall–Kier alpha value is -1.52. The first kappa shape index (κ1) is 23.1. The Morgan fingerprint density at radius 3 is 2.43 bits per heavy atom. The first-order valence-corrected chi connectivity index (χ1v) is 11.0. The lowest BCUT2D eigenvalue weighted by atomic mass is 9.98. The number of hydrogen-bond acceptors (Lipinski definition) is 2. The van der Waals surface area contributed by atoms with Gasteiger partial charge in [-0.15, -0.1) is 24.8 Å². The summed E-state index contributed by atoms with van der Waals surface area (Å²) in [6.45, 7) is 4.43. The fourth-order valence-electron chi connectivity index (χ4n) is 4.55. The third-order valence-electron chi connectivity index (χ3n) is 6.15. The third-order valence-corrected chi connectivity index (χ3v) is 6.64. The highest BCUT2D eigenvalue weighted by Crippen LogP contribution is 2.28. The molecule has 0 aliphatic carbocycles. The molecule has 30 heavy (non-hydrogen) atoms. The van der Waals surface area contributed by atoms with Gasteiger partial charge in [0.25, 0.3) is 0 Å². The summed E-state index contributed by atoms with van der Waals surface area (Å²) in [5.74, 6) is 0. The summed E-state index contributed by atoms with van der Waals surface area (Å²) in [6, 6.07) is 22.8. The number of halogens is 3. The zero-order valence-electron chi connectivity index (χ0n) is 16.8. The van der Waals surface area contributed by atoms with E-state index in [4.69, 9.17) is 0 Å². The average molecular weight is 506 g/mol. The molecule has 0 atom stereocenters. The van der Waals surface area contributed by atoms with E-state index in [9.17, 15) is 0 Å². The van der Waals surface area contributed by atoms with E-state index in [0.29, 0.717) is 6.04 Å². The highest BCUT2D eigenvalue weighted by Gasteiger charge is 2.24. The van der Waals surface area contributed by atoms with Crippen LogP contribution in [0.1, 0.15) is 29.5 Å². The van der Waals surface area contributed by atoms with E-state index in [2.05, 4.69) is 98.7 Å². The van der Waals surface area contributed by atoms with Gasteiger partial charge >= 0.3 is 0 Å².